The molecule has 1 aromatic heterocycles. The molecule has 0 aliphatic heterocycles. The summed E-state index contributed by atoms with van der Waals surface area (Å²) in [5, 5.41) is 3.48. The summed E-state index contributed by atoms with van der Waals surface area (Å²) < 4.78 is 0. The number of nitrogens with two attached hydrogens (primary N) is 1. The maximum Gasteiger partial charge on any atom is 0.224 e. The number of hydrogen-bond acceptors (Lipinski definition) is 5. The number of rotatable bonds is 5. The van der Waals surface area contributed by atoms with Gasteiger partial charge < -0.3 is 16.0 Å². The molecule has 1 fully saturated rings. The molecule has 1 heterocycles. The van der Waals surface area contributed by atoms with Crippen molar-refractivity contribution in [1.82, 2.24) is 14.9 Å². The predicted octanol–water partition coefficient (Wildman–Crippen LogP) is 2.31. The Morgan fingerprint density at radius 3 is 2.74 bits per heavy atom. The van der Waals surface area contributed by atoms with Gasteiger partial charge in [-0.1, -0.05) is 12.8 Å². The molecule has 2 rings (SSSR count). The van der Waals surface area contributed by atoms with Gasteiger partial charge in [0.1, 0.15) is 0 Å². The molecule has 1 aromatic rings. The standard InChI is InChI=1S/C13H22ClN5/c1-9-11(15)12(18-13(14)17-9)16-7-8-19(2)10-5-3-4-6-10/h10H,3-8,15H2,1-2H3,(H,16,17,18). The first-order chi connectivity index (χ1) is 9.08. The average Bonchev–Trinajstić information content (AvgIpc) is 2.88. The van der Waals surface area contributed by atoms with Crippen molar-refractivity contribution >= 4 is 23.1 Å². The molecule has 5 nitrogen and oxygen atoms in total. The third-order valence-corrected chi connectivity index (χ3v) is 3.98. The normalized spacial score (nSPS) is 16.2. The van der Waals surface area contributed by atoms with E-state index in [0.717, 1.165) is 19.1 Å². The number of nitrogens with zero attached hydrogens (tertiary/aromatic N) is 3. The number of nitrogen functional groups attached to an aromatic ring is 1. The number of likely N-dealkylation sites (N-methyl/N-ethyl adjacent to an activating group) is 1. The van der Waals surface area contributed by atoms with Crippen molar-refractivity contribution in [3.8, 4) is 0 Å². The van der Waals surface area contributed by atoms with Crippen molar-refractivity contribution in [3.63, 3.8) is 0 Å². The summed E-state index contributed by atoms with van der Waals surface area (Å²) >= 11 is 5.84. The summed E-state index contributed by atoms with van der Waals surface area (Å²) in [7, 11) is 2.18. The lowest BCUT2D eigenvalue weighted by Gasteiger charge is -2.24. The van der Waals surface area contributed by atoms with Gasteiger partial charge in [0, 0.05) is 19.1 Å². The van der Waals surface area contributed by atoms with Crippen LogP contribution in [0.4, 0.5) is 11.5 Å². The lowest BCUT2D eigenvalue weighted by molar-refractivity contribution is 0.254. The van der Waals surface area contributed by atoms with E-state index < -0.39 is 0 Å². The van der Waals surface area contributed by atoms with Gasteiger partial charge in [0.05, 0.1) is 11.4 Å². The first kappa shape index (κ1) is 14.3. The van der Waals surface area contributed by atoms with Gasteiger partial charge in [0.25, 0.3) is 0 Å². The summed E-state index contributed by atoms with van der Waals surface area (Å²) in [5.41, 5.74) is 7.22. The first-order valence-electron chi connectivity index (χ1n) is 6.81. The minimum Gasteiger partial charge on any atom is -0.394 e. The van der Waals surface area contributed by atoms with Crippen LogP contribution >= 0.6 is 11.6 Å². The fourth-order valence-corrected chi connectivity index (χ4v) is 2.77. The Bertz CT molecular complexity index is 431. The highest BCUT2D eigenvalue weighted by Gasteiger charge is 2.19. The Balaban J connectivity index is 1.85. The molecule has 6 heteroatoms. The van der Waals surface area contributed by atoms with Gasteiger partial charge in [-0.25, -0.2) is 4.98 Å². The van der Waals surface area contributed by atoms with E-state index in [2.05, 4.69) is 27.2 Å². The van der Waals surface area contributed by atoms with Gasteiger partial charge in [0.15, 0.2) is 5.82 Å². The van der Waals surface area contributed by atoms with E-state index in [0.29, 0.717) is 17.2 Å². The number of nitrogens with one attached hydrogen (secondary N) is 1. The predicted molar refractivity (Wildman–Crippen MR) is 79.6 cm³/mol. The van der Waals surface area contributed by atoms with Crippen LogP contribution in [-0.4, -0.2) is 41.0 Å². The molecule has 1 aliphatic rings. The van der Waals surface area contributed by atoms with Crippen molar-refractivity contribution in [2.45, 2.75) is 38.6 Å². The highest BCUT2D eigenvalue weighted by atomic mass is 35.5. The molecule has 106 valence electrons. The highest BCUT2D eigenvalue weighted by Crippen LogP contribution is 2.23. The van der Waals surface area contributed by atoms with Gasteiger partial charge in [-0.2, -0.15) is 4.98 Å². The Labute approximate surface area is 119 Å². The smallest absolute Gasteiger partial charge is 0.224 e. The number of aryl methyl sites for hydroxylation is 1. The molecule has 19 heavy (non-hydrogen) atoms. The fraction of sp³-hybridized carbons (Fsp3) is 0.692. The topological polar surface area (TPSA) is 67.1 Å². The lowest BCUT2D eigenvalue weighted by atomic mass is 10.2. The van der Waals surface area contributed by atoms with Crippen molar-refractivity contribution in [3.05, 3.63) is 11.0 Å². The van der Waals surface area contributed by atoms with Gasteiger partial charge in [-0.3, -0.25) is 0 Å². The Kier molecular flexibility index (Phi) is 4.82. The van der Waals surface area contributed by atoms with Crippen molar-refractivity contribution < 1.29 is 0 Å². The summed E-state index contributed by atoms with van der Waals surface area (Å²) in [4.78, 5) is 10.6. The van der Waals surface area contributed by atoms with Crippen molar-refractivity contribution in [2.24, 2.45) is 0 Å². The summed E-state index contributed by atoms with van der Waals surface area (Å²) in [6.45, 7) is 3.62. The third-order valence-electron chi connectivity index (χ3n) is 3.81. The van der Waals surface area contributed by atoms with Gasteiger partial charge in [-0.05, 0) is 38.4 Å². The molecule has 0 radical (unpaired) electrons. The van der Waals surface area contributed by atoms with Crippen LogP contribution in [0.1, 0.15) is 31.4 Å². The average molecular weight is 284 g/mol. The molecule has 0 bridgehead atoms. The Hall–Kier alpha value is -1.07. The Morgan fingerprint density at radius 2 is 2.05 bits per heavy atom. The second-order valence-corrected chi connectivity index (χ2v) is 5.52. The van der Waals surface area contributed by atoms with E-state index in [-0.39, 0.29) is 5.28 Å². The molecular weight excluding hydrogens is 262 g/mol. The molecule has 3 N–H and O–H groups in total. The molecule has 0 atom stereocenters. The van der Waals surface area contributed by atoms with Gasteiger partial charge >= 0.3 is 0 Å². The number of halogens is 1. The zero-order chi connectivity index (χ0) is 13.8. The van der Waals surface area contributed by atoms with E-state index in [1.165, 1.54) is 25.7 Å². The summed E-state index contributed by atoms with van der Waals surface area (Å²) in [6.07, 6.45) is 5.35. The molecule has 0 amide bonds. The lowest BCUT2D eigenvalue weighted by Crippen LogP contribution is -2.33. The SMILES string of the molecule is Cc1nc(Cl)nc(NCCN(C)C2CCCC2)c1N. The summed E-state index contributed by atoms with van der Waals surface area (Å²) in [6, 6.07) is 0.731. The van der Waals surface area contributed by atoms with E-state index in [1.807, 2.05) is 6.92 Å². The highest BCUT2D eigenvalue weighted by molar-refractivity contribution is 6.28. The minimum absolute atomic E-state index is 0.235. The molecular formula is C13H22ClN5. The van der Waals surface area contributed by atoms with Crippen LogP contribution in [-0.2, 0) is 0 Å². The second-order valence-electron chi connectivity index (χ2n) is 5.19. The fourth-order valence-electron chi connectivity index (χ4n) is 2.56. The first-order valence-corrected chi connectivity index (χ1v) is 7.19. The van der Waals surface area contributed by atoms with E-state index in [1.54, 1.807) is 0 Å². The van der Waals surface area contributed by atoms with Crippen LogP contribution in [0.3, 0.4) is 0 Å². The van der Waals surface area contributed by atoms with Crippen LogP contribution in [0, 0.1) is 6.92 Å². The zero-order valence-electron chi connectivity index (χ0n) is 11.6. The van der Waals surface area contributed by atoms with Crippen LogP contribution < -0.4 is 11.1 Å². The quantitative estimate of drug-likeness (QED) is 0.812. The second kappa shape index (κ2) is 6.39. The van der Waals surface area contributed by atoms with Crippen molar-refractivity contribution in [2.75, 3.05) is 31.2 Å². The molecule has 0 spiro atoms. The third kappa shape index (κ3) is 3.70. The molecule has 1 saturated carbocycles. The van der Waals surface area contributed by atoms with E-state index >= 15 is 0 Å². The number of aromatic nitrogens is 2. The molecule has 0 unspecified atom stereocenters. The number of anilines is 2. The molecule has 1 aliphatic carbocycles. The van der Waals surface area contributed by atoms with Crippen LogP contribution in [0.2, 0.25) is 5.28 Å². The minimum atomic E-state index is 0.235. The number of hydrogen-bond donors (Lipinski definition) is 2. The molecule has 0 aromatic carbocycles. The largest absolute Gasteiger partial charge is 0.394 e. The Morgan fingerprint density at radius 1 is 1.37 bits per heavy atom. The monoisotopic (exact) mass is 283 g/mol. The van der Waals surface area contributed by atoms with Crippen LogP contribution in [0.25, 0.3) is 0 Å². The van der Waals surface area contributed by atoms with Crippen molar-refractivity contribution in [1.29, 1.82) is 0 Å². The van der Waals surface area contributed by atoms with Crippen LogP contribution in [0.15, 0.2) is 0 Å². The summed E-state index contributed by atoms with van der Waals surface area (Å²) in [5.74, 6) is 0.636. The van der Waals surface area contributed by atoms with Gasteiger partial charge in [-0.15, -0.1) is 0 Å². The zero-order valence-corrected chi connectivity index (χ0v) is 12.4. The van der Waals surface area contributed by atoms with E-state index in [4.69, 9.17) is 17.3 Å². The van der Waals surface area contributed by atoms with Gasteiger partial charge in [0.2, 0.25) is 5.28 Å². The maximum atomic E-state index is 5.93. The molecule has 0 saturated heterocycles. The maximum absolute atomic E-state index is 5.93. The van der Waals surface area contributed by atoms with E-state index in [9.17, 15) is 0 Å². The van der Waals surface area contributed by atoms with Crippen LogP contribution in [0.5, 0.6) is 0 Å².